The van der Waals surface area contributed by atoms with E-state index in [9.17, 15) is 0 Å². The van der Waals surface area contributed by atoms with Crippen molar-refractivity contribution in [2.24, 2.45) is 12.9 Å². The molecule has 3 N–H and O–H groups in total. The maximum absolute atomic E-state index is 5.77. The van der Waals surface area contributed by atoms with Gasteiger partial charge in [-0.05, 0) is 53.9 Å². The Bertz CT molecular complexity index is 639. The molecule has 0 spiro atoms. The zero-order valence-electron chi connectivity index (χ0n) is 12.8. The lowest BCUT2D eigenvalue weighted by atomic mass is 9.98. The average molecular weight is 353 g/mol. The summed E-state index contributed by atoms with van der Waals surface area (Å²) >= 11 is 3.52. The standard InChI is InChI=1S/C15H21BrN4O/c1-9-15(10(2)20(3)19-9)13(18-17)8-11-5-6-14(21-4)12(16)7-11/h5-7,13,18H,8,17H2,1-4H3. The molecule has 2 aromatic rings. The number of ether oxygens (including phenoxy) is 1. The second-order valence-electron chi connectivity index (χ2n) is 5.10. The number of nitrogens with two attached hydrogens (primary N) is 1. The summed E-state index contributed by atoms with van der Waals surface area (Å²) in [5, 5.41) is 4.46. The van der Waals surface area contributed by atoms with Crippen molar-refractivity contribution >= 4 is 15.9 Å². The number of aryl methyl sites for hydroxylation is 2. The van der Waals surface area contributed by atoms with Crippen LogP contribution in [0.15, 0.2) is 22.7 Å². The highest BCUT2D eigenvalue weighted by Gasteiger charge is 2.19. The molecule has 2 rings (SSSR count). The summed E-state index contributed by atoms with van der Waals surface area (Å²) in [4.78, 5) is 0. The fourth-order valence-corrected chi connectivity index (χ4v) is 3.20. The van der Waals surface area contributed by atoms with Gasteiger partial charge >= 0.3 is 0 Å². The van der Waals surface area contributed by atoms with Crippen molar-refractivity contribution in [3.63, 3.8) is 0 Å². The molecule has 0 aliphatic rings. The number of methoxy groups -OCH3 is 1. The lowest BCUT2D eigenvalue weighted by Crippen LogP contribution is -2.30. The van der Waals surface area contributed by atoms with Gasteiger partial charge in [0.05, 0.1) is 23.3 Å². The molecule has 1 atom stereocenters. The van der Waals surface area contributed by atoms with E-state index < -0.39 is 0 Å². The van der Waals surface area contributed by atoms with E-state index in [-0.39, 0.29) is 6.04 Å². The van der Waals surface area contributed by atoms with Crippen molar-refractivity contribution in [2.45, 2.75) is 26.3 Å². The number of aromatic nitrogens is 2. The fourth-order valence-electron chi connectivity index (χ4n) is 2.61. The molecule has 6 heteroatoms. The Balaban J connectivity index is 2.29. The molecule has 5 nitrogen and oxygen atoms in total. The van der Waals surface area contributed by atoms with E-state index >= 15 is 0 Å². The largest absolute Gasteiger partial charge is 0.496 e. The smallest absolute Gasteiger partial charge is 0.133 e. The van der Waals surface area contributed by atoms with Gasteiger partial charge < -0.3 is 4.74 Å². The number of rotatable bonds is 5. The Morgan fingerprint density at radius 2 is 2.14 bits per heavy atom. The highest BCUT2D eigenvalue weighted by atomic mass is 79.9. The van der Waals surface area contributed by atoms with Crippen LogP contribution in [0.3, 0.4) is 0 Å². The van der Waals surface area contributed by atoms with Gasteiger partial charge in [0.25, 0.3) is 0 Å². The van der Waals surface area contributed by atoms with Crippen LogP contribution in [0.1, 0.15) is 28.6 Å². The van der Waals surface area contributed by atoms with Gasteiger partial charge in [0.1, 0.15) is 5.75 Å². The Morgan fingerprint density at radius 1 is 1.43 bits per heavy atom. The topological polar surface area (TPSA) is 65.1 Å². The summed E-state index contributed by atoms with van der Waals surface area (Å²) in [6.45, 7) is 4.07. The van der Waals surface area contributed by atoms with E-state index in [0.717, 1.165) is 33.6 Å². The summed E-state index contributed by atoms with van der Waals surface area (Å²) in [7, 11) is 3.61. The first-order valence-corrected chi connectivity index (χ1v) is 7.55. The van der Waals surface area contributed by atoms with E-state index in [2.05, 4.69) is 45.5 Å². The van der Waals surface area contributed by atoms with Crippen molar-refractivity contribution in [1.82, 2.24) is 15.2 Å². The highest BCUT2D eigenvalue weighted by molar-refractivity contribution is 9.10. The fraction of sp³-hybridized carbons (Fsp3) is 0.400. The number of hydrogen-bond acceptors (Lipinski definition) is 4. The molecular weight excluding hydrogens is 332 g/mol. The number of hydrazine groups is 1. The molecule has 0 aliphatic heterocycles. The van der Waals surface area contributed by atoms with Gasteiger partial charge in [0, 0.05) is 18.3 Å². The van der Waals surface area contributed by atoms with E-state index in [1.165, 1.54) is 5.56 Å². The Labute approximate surface area is 133 Å². The molecule has 1 unspecified atom stereocenters. The third kappa shape index (κ3) is 3.28. The molecule has 0 fully saturated rings. The van der Waals surface area contributed by atoms with Crippen LogP contribution >= 0.6 is 15.9 Å². The summed E-state index contributed by atoms with van der Waals surface area (Å²) in [6.07, 6.45) is 0.784. The van der Waals surface area contributed by atoms with E-state index in [0.29, 0.717) is 0 Å². The van der Waals surface area contributed by atoms with Crippen LogP contribution in [0.2, 0.25) is 0 Å². The van der Waals surface area contributed by atoms with Crippen LogP contribution in [0.25, 0.3) is 0 Å². The first-order valence-electron chi connectivity index (χ1n) is 6.76. The van der Waals surface area contributed by atoms with Crippen LogP contribution in [-0.2, 0) is 13.5 Å². The molecule has 0 radical (unpaired) electrons. The van der Waals surface area contributed by atoms with Gasteiger partial charge in [-0.2, -0.15) is 5.10 Å². The minimum atomic E-state index is 0.0268. The molecule has 0 aliphatic carbocycles. The zero-order chi connectivity index (χ0) is 15.6. The normalized spacial score (nSPS) is 12.5. The van der Waals surface area contributed by atoms with Gasteiger partial charge in [-0.25, -0.2) is 0 Å². The van der Waals surface area contributed by atoms with Gasteiger partial charge in [-0.1, -0.05) is 6.07 Å². The predicted molar refractivity (Wildman–Crippen MR) is 87.1 cm³/mol. The average Bonchev–Trinajstić information content (AvgIpc) is 2.70. The van der Waals surface area contributed by atoms with Crippen molar-refractivity contribution in [2.75, 3.05) is 7.11 Å². The zero-order valence-corrected chi connectivity index (χ0v) is 14.4. The van der Waals surface area contributed by atoms with Gasteiger partial charge in [-0.3, -0.25) is 16.0 Å². The minimum absolute atomic E-state index is 0.0268. The Kier molecular flexibility index (Phi) is 5.03. The SMILES string of the molecule is COc1ccc(CC(NN)c2c(C)nn(C)c2C)cc1Br. The number of benzene rings is 1. The minimum Gasteiger partial charge on any atom is -0.496 e. The van der Waals surface area contributed by atoms with Crippen LogP contribution in [0.5, 0.6) is 5.75 Å². The highest BCUT2D eigenvalue weighted by Crippen LogP contribution is 2.29. The Morgan fingerprint density at radius 3 is 2.62 bits per heavy atom. The van der Waals surface area contributed by atoms with Crippen LogP contribution in [-0.4, -0.2) is 16.9 Å². The number of nitrogens with zero attached hydrogens (tertiary/aromatic N) is 2. The summed E-state index contributed by atoms with van der Waals surface area (Å²) in [6, 6.07) is 6.09. The Hall–Kier alpha value is -1.37. The van der Waals surface area contributed by atoms with E-state index in [4.69, 9.17) is 10.6 Å². The maximum atomic E-state index is 5.77. The molecule has 1 aromatic heterocycles. The first-order chi connectivity index (χ1) is 9.97. The summed E-state index contributed by atoms with van der Waals surface area (Å²) in [5.74, 6) is 6.59. The summed E-state index contributed by atoms with van der Waals surface area (Å²) < 4.78 is 8.09. The van der Waals surface area contributed by atoms with Crippen LogP contribution < -0.4 is 16.0 Å². The van der Waals surface area contributed by atoms with Crippen molar-refractivity contribution < 1.29 is 4.74 Å². The quantitative estimate of drug-likeness (QED) is 0.641. The third-order valence-electron chi connectivity index (χ3n) is 3.77. The van der Waals surface area contributed by atoms with Crippen molar-refractivity contribution in [3.05, 3.63) is 45.2 Å². The molecule has 0 amide bonds. The maximum Gasteiger partial charge on any atom is 0.133 e. The molecule has 1 heterocycles. The molecule has 0 saturated heterocycles. The molecule has 0 saturated carbocycles. The number of hydrogen-bond donors (Lipinski definition) is 2. The van der Waals surface area contributed by atoms with Crippen LogP contribution in [0, 0.1) is 13.8 Å². The van der Waals surface area contributed by atoms with Gasteiger partial charge in [-0.15, -0.1) is 0 Å². The second kappa shape index (κ2) is 6.60. The van der Waals surface area contributed by atoms with Crippen LogP contribution in [0.4, 0.5) is 0 Å². The molecular formula is C15H21BrN4O. The van der Waals surface area contributed by atoms with Crippen molar-refractivity contribution in [3.8, 4) is 5.75 Å². The number of halogens is 1. The molecule has 1 aromatic carbocycles. The first kappa shape index (κ1) is 16.0. The third-order valence-corrected chi connectivity index (χ3v) is 4.39. The van der Waals surface area contributed by atoms with E-state index in [1.807, 2.05) is 24.7 Å². The van der Waals surface area contributed by atoms with Crippen molar-refractivity contribution in [1.29, 1.82) is 0 Å². The molecule has 0 bridgehead atoms. The molecule has 114 valence electrons. The number of nitrogens with one attached hydrogen (secondary N) is 1. The van der Waals surface area contributed by atoms with Gasteiger partial charge in [0.15, 0.2) is 0 Å². The summed E-state index contributed by atoms with van der Waals surface area (Å²) in [5.41, 5.74) is 7.38. The monoisotopic (exact) mass is 352 g/mol. The lowest BCUT2D eigenvalue weighted by molar-refractivity contribution is 0.412. The van der Waals surface area contributed by atoms with E-state index in [1.54, 1.807) is 7.11 Å². The second-order valence-corrected chi connectivity index (χ2v) is 5.95. The van der Waals surface area contributed by atoms with Gasteiger partial charge in [0.2, 0.25) is 0 Å². The predicted octanol–water partition coefficient (Wildman–Crippen LogP) is 2.56. The lowest BCUT2D eigenvalue weighted by Gasteiger charge is -2.17. The molecule has 21 heavy (non-hydrogen) atoms.